The molecule has 0 spiro atoms. The van der Waals surface area contributed by atoms with Crippen LogP contribution in [0.1, 0.15) is 43.9 Å². The SMILES string of the molecule is Cc1[nH]c(=O)[nH]c(=O)c1S(=O)(=O)N1CCCC(C(=O)Nc2ccc(C(C)C)cc2)C1. The highest BCUT2D eigenvalue weighted by Gasteiger charge is 2.35. The van der Waals surface area contributed by atoms with E-state index in [-0.39, 0.29) is 24.7 Å². The Kier molecular flexibility index (Phi) is 6.27. The molecule has 1 fully saturated rings. The smallest absolute Gasteiger partial charge is 0.325 e. The number of carbonyl (C=O) groups excluding carboxylic acids is 1. The number of rotatable bonds is 5. The number of hydrogen-bond acceptors (Lipinski definition) is 5. The maximum atomic E-state index is 13.0. The number of nitrogens with one attached hydrogen (secondary N) is 3. The van der Waals surface area contributed by atoms with Crippen LogP contribution in [0.5, 0.6) is 0 Å². The predicted molar refractivity (Wildman–Crippen MR) is 113 cm³/mol. The minimum Gasteiger partial charge on any atom is -0.326 e. The first-order valence-corrected chi connectivity index (χ1v) is 11.3. The Bertz CT molecular complexity index is 1150. The normalized spacial score (nSPS) is 17.8. The Morgan fingerprint density at radius 1 is 1.17 bits per heavy atom. The minimum absolute atomic E-state index is 0.0273. The molecule has 10 heteroatoms. The molecule has 9 nitrogen and oxygen atoms in total. The summed E-state index contributed by atoms with van der Waals surface area (Å²) in [5.41, 5.74) is 0.0474. The summed E-state index contributed by atoms with van der Waals surface area (Å²) in [7, 11) is -4.16. The van der Waals surface area contributed by atoms with Gasteiger partial charge >= 0.3 is 5.69 Å². The highest BCUT2D eigenvalue weighted by atomic mass is 32.2. The molecule has 2 aromatic rings. The zero-order valence-electron chi connectivity index (χ0n) is 17.2. The lowest BCUT2D eigenvalue weighted by molar-refractivity contribution is -0.120. The van der Waals surface area contributed by atoms with Gasteiger partial charge < -0.3 is 10.3 Å². The summed E-state index contributed by atoms with van der Waals surface area (Å²) in [4.78, 5) is 40.0. The number of nitrogens with zero attached hydrogens (tertiary/aromatic N) is 1. The number of hydrogen-bond donors (Lipinski definition) is 3. The highest BCUT2D eigenvalue weighted by molar-refractivity contribution is 7.89. The van der Waals surface area contributed by atoms with Crippen molar-refractivity contribution in [1.82, 2.24) is 14.3 Å². The molecule has 3 rings (SSSR count). The number of aryl methyl sites for hydroxylation is 1. The first kappa shape index (κ1) is 22.0. The molecular weight excluding hydrogens is 408 g/mol. The third kappa shape index (κ3) is 4.54. The van der Waals surface area contributed by atoms with Gasteiger partial charge in [0, 0.05) is 24.5 Å². The molecule has 0 aliphatic carbocycles. The lowest BCUT2D eigenvalue weighted by Gasteiger charge is -2.31. The van der Waals surface area contributed by atoms with Gasteiger partial charge in [0.2, 0.25) is 15.9 Å². The van der Waals surface area contributed by atoms with Crippen molar-refractivity contribution in [3.63, 3.8) is 0 Å². The van der Waals surface area contributed by atoms with E-state index in [2.05, 4.69) is 24.1 Å². The van der Waals surface area contributed by atoms with Gasteiger partial charge in [0.15, 0.2) is 4.90 Å². The van der Waals surface area contributed by atoms with Gasteiger partial charge in [-0.2, -0.15) is 4.31 Å². The Morgan fingerprint density at radius 3 is 2.43 bits per heavy atom. The van der Waals surface area contributed by atoms with Crippen LogP contribution in [0, 0.1) is 12.8 Å². The number of carbonyl (C=O) groups is 1. The summed E-state index contributed by atoms with van der Waals surface area (Å²) in [6, 6.07) is 7.55. The summed E-state index contributed by atoms with van der Waals surface area (Å²) >= 11 is 0. The van der Waals surface area contributed by atoms with Crippen molar-refractivity contribution in [2.45, 2.75) is 44.4 Å². The van der Waals surface area contributed by atoms with Crippen LogP contribution in [0.15, 0.2) is 38.8 Å². The standard InChI is InChI=1S/C20H26N4O5S/c1-12(2)14-6-8-16(9-7-14)22-18(25)15-5-4-10-24(11-15)30(28,29)17-13(3)21-20(27)23-19(17)26/h6-9,12,15H,4-5,10-11H2,1-3H3,(H,22,25)(H2,21,23,26,27). The Morgan fingerprint density at radius 2 is 1.83 bits per heavy atom. The fourth-order valence-corrected chi connectivity index (χ4v) is 5.33. The van der Waals surface area contributed by atoms with Crippen molar-refractivity contribution in [3.05, 3.63) is 56.4 Å². The number of piperidine rings is 1. The van der Waals surface area contributed by atoms with E-state index >= 15 is 0 Å². The summed E-state index contributed by atoms with van der Waals surface area (Å²) in [6.45, 7) is 5.70. The van der Waals surface area contributed by atoms with E-state index in [1.54, 1.807) is 0 Å². The fraction of sp³-hybridized carbons (Fsp3) is 0.450. The molecule has 1 aromatic heterocycles. The van der Waals surface area contributed by atoms with E-state index in [1.807, 2.05) is 29.2 Å². The second-order valence-electron chi connectivity index (χ2n) is 7.83. The number of H-pyrrole nitrogens is 2. The average molecular weight is 435 g/mol. The number of sulfonamides is 1. The van der Waals surface area contributed by atoms with Crippen molar-refractivity contribution >= 4 is 21.6 Å². The van der Waals surface area contributed by atoms with Crippen molar-refractivity contribution in [3.8, 4) is 0 Å². The van der Waals surface area contributed by atoms with Crippen molar-refractivity contribution in [2.24, 2.45) is 5.92 Å². The van der Waals surface area contributed by atoms with Gasteiger partial charge in [-0.1, -0.05) is 26.0 Å². The number of anilines is 1. The highest BCUT2D eigenvalue weighted by Crippen LogP contribution is 2.25. The average Bonchev–Trinajstić information content (AvgIpc) is 2.67. The van der Waals surface area contributed by atoms with Gasteiger partial charge in [0.1, 0.15) is 0 Å². The van der Waals surface area contributed by atoms with Crippen LogP contribution in [0.2, 0.25) is 0 Å². The van der Waals surface area contributed by atoms with E-state index < -0.39 is 32.1 Å². The van der Waals surface area contributed by atoms with Gasteiger partial charge in [-0.05, 0) is 43.4 Å². The number of aromatic nitrogens is 2. The molecule has 2 heterocycles. The van der Waals surface area contributed by atoms with Gasteiger partial charge in [0.25, 0.3) is 5.56 Å². The summed E-state index contributed by atoms with van der Waals surface area (Å²) < 4.78 is 27.2. The molecule has 0 radical (unpaired) electrons. The molecule has 1 aromatic carbocycles. The number of aromatic amines is 2. The summed E-state index contributed by atoms with van der Waals surface area (Å²) in [5.74, 6) is -0.425. The zero-order chi connectivity index (χ0) is 22.1. The molecule has 1 unspecified atom stereocenters. The Balaban J connectivity index is 1.77. The lowest BCUT2D eigenvalue weighted by atomic mass is 9.98. The Hall–Kier alpha value is -2.72. The van der Waals surface area contributed by atoms with Crippen molar-refractivity contribution in [1.29, 1.82) is 0 Å². The van der Waals surface area contributed by atoms with Gasteiger partial charge in [-0.15, -0.1) is 0 Å². The largest absolute Gasteiger partial charge is 0.326 e. The minimum atomic E-state index is -4.16. The van der Waals surface area contributed by atoms with E-state index in [9.17, 15) is 22.8 Å². The van der Waals surface area contributed by atoms with E-state index in [0.717, 1.165) is 9.87 Å². The first-order valence-electron chi connectivity index (χ1n) is 9.83. The van der Waals surface area contributed by atoms with Crippen LogP contribution >= 0.6 is 0 Å². The molecule has 1 aliphatic heterocycles. The number of amides is 1. The predicted octanol–water partition coefficient (Wildman–Crippen LogP) is 1.53. The molecule has 1 saturated heterocycles. The van der Waals surface area contributed by atoms with E-state index in [4.69, 9.17) is 0 Å². The van der Waals surface area contributed by atoms with Crippen LogP contribution < -0.4 is 16.6 Å². The molecule has 0 saturated carbocycles. The Labute approximate surface area is 174 Å². The van der Waals surface area contributed by atoms with Crippen molar-refractivity contribution in [2.75, 3.05) is 18.4 Å². The second kappa shape index (κ2) is 8.57. The zero-order valence-corrected chi connectivity index (χ0v) is 18.0. The summed E-state index contributed by atoms with van der Waals surface area (Å²) in [6.07, 6.45) is 1.03. The molecule has 1 atom stereocenters. The van der Waals surface area contributed by atoms with Gasteiger partial charge in [-0.3, -0.25) is 14.6 Å². The molecule has 162 valence electrons. The molecule has 1 amide bonds. The first-order chi connectivity index (χ1) is 14.1. The molecular formula is C20H26N4O5S. The van der Waals surface area contributed by atoms with Gasteiger partial charge in [0.05, 0.1) is 5.92 Å². The van der Waals surface area contributed by atoms with Gasteiger partial charge in [-0.25, -0.2) is 13.2 Å². The van der Waals surface area contributed by atoms with Crippen LogP contribution in [0.25, 0.3) is 0 Å². The maximum Gasteiger partial charge on any atom is 0.325 e. The van der Waals surface area contributed by atoms with Crippen LogP contribution in [0.3, 0.4) is 0 Å². The van der Waals surface area contributed by atoms with E-state index in [1.165, 1.54) is 6.92 Å². The lowest BCUT2D eigenvalue weighted by Crippen LogP contribution is -2.45. The maximum absolute atomic E-state index is 13.0. The molecule has 30 heavy (non-hydrogen) atoms. The second-order valence-corrected chi connectivity index (χ2v) is 9.71. The quantitative estimate of drug-likeness (QED) is 0.657. The molecule has 3 N–H and O–H groups in total. The van der Waals surface area contributed by atoms with Crippen molar-refractivity contribution < 1.29 is 13.2 Å². The molecule has 1 aliphatic rings. The fourth-order valence-electron chi connectivity index (χ4n) is 3.60. The third-order valence-electron chi connectivity index (χ3n) is 5.27. The molecule has 0 bridgehead atoms. The third-order valence-corrected chi connectivity index (χ3v) is 7.29. The topological polar surface area (TPSA) is 132 Å². The summed E-state index contributed by atoms with van der Waals surface area (Å²) in [5, 5.41) is 2.84. The van der Waals surface area contributed by atoms with Crippen LogP contribution in [-0.2, 0) is 14.8 Å². The monoisotopic (exact) mass is 434 g/mol. The number of benzene rings is 1. The van der Waals surface area contributed by atoms with E-state index in [0.29, 0.717) is 24.4 Å². The van der Waals surface area contributed by atoms with Crippen LogP contribution in [0.4, 0.5) is 5.69 Å². The van der Waals surface area contributed by atoms with Crippen LogP contribution in [-0.4, -0.2) is 41.7 Å².